The first-order chi connectivity index (χ1) is 20.9. The fraction of sp³-hybridized carbons (Fsp3) is 0.650. The van der Waals surface area contributed by atoms with E-state index in [9.17, 15) is 19.8 Å². The Morgan fingerprint density at radius 2 is 0.978 bits per heavy atom. The maximum atomic E-state index is 13.2. The van der Waals surface area contributed by atoms with E-state index in [1.165, 1.54) is 0 Å². The van der Waals surface area contributed by atoms with Crippen LogP contribution in [-0.2, 0) is 44.1 Å². The van der Waals surface area contributed by atoms with Crippen LogP contribution in [0.1, 0.15) is 162 Å². The molecule has 0 saturated heterocycles. The number of hydrogen-bond donors (Lipinski definition) is 4. The SMILES string of the molecule is CCCCCC(NC(=O)CCc1cc(C(C)(C)C)cc(C(C)(C)C)c1O)NC(=O)CCc1cc(C(C)(C)C)cc(C(C)(C)C)c1O. The van der Waals surface area contributed by atoms with Gasteiger partial charge < -0.3 is 20.8 Å². The molecule has 0 spiro atoms. The molecule has 2 amide bonds. The zero-order valence-electron chi connectivity index (χ0n) is 31.3. The number of phenols is 2. The number of phenolic OH excluding ortho intramolecular Hbond substituents is 2. The molecule has 0 aliphatic heterocycles. The van der Waals surface area contributed by atoms with Crippen LogP contribution in [0, 0.1) is 0 Å². The van der Waals surface area contributed by atoms with Crippen LogP contribution in [-0.4, -0.2) is 28.2 Å². The summed E-state index contributed by atoms with van der Waals surface area (Å²) in [5.74, 6) is 0.194. The second-order valence-corrected chi connectivity index (χ2v) is 17.2. The van der Waals surface area contributed by atoms with Crippen molar-refractivity contribution in [1.29, 1.82) is 0 Å². The molecule has 4 N–H and O–H groups in total. The molecule has 0 aliphatic carbocycles. The van der Waals surface area contributed by atoms with E-state index < -0.39 is 6.17 Å². The van der Waals surface area contributed by atoms with Gasteiger partial charge in [-0.05, 0) is 80.7 Å². The first kappa shape index (κ1) is 39.2. The topological polar surface area (TPSA) is 98.7 Å². The molecule has 0 saturated carbocycles. The Labute approximate surface area is 280 Å². The minimum atomic E-state index is -0.481. The Morgan fingerprint density at radius 1 is 0.609 bits per heavy atom. The summed E-state index contributed by atoms with van der Waals surface area (Å²) in [6.07, 6.45) is 4.30. The summed E-state index contributed by atoms with van der Waals surface area (Å²) < 4.78 is 0. The maximum Gasteiger partial charge on any atom is 0.221 e. The summed E-state index contributed by atoms with van der Waals surface area (Å²) in [7, 11) is 0. The lowest BCUT2D eigenvalue weighted by atomic mass is 9.78. The first-order valence-electron chi connectivity index (χ1n) is 17.3. The predicted octanol–water partition coefficient (Wildman–Crippen LogP) is 8.99. The monoisotopic (exact) mass is 636 g/mol. The van der Waals surface area contributed by atoms with E-state index in [0.717, 1.165) is 52.6 Å². The van der Waals surface area contributed by atoms with Crippen LogP contribution in [0.2, 0.25) is 0 Å². The van der Waals surface area contributed by atoms with Gasteiger partial charge in [0.05, 0.1) is 0 Å². The first-order valence-corrected chi connectivity index (χ1v) is 17.3. The second kappa shape index (κ2) is 15.3. The van der Waals surface area contributed by atoms with Gasteiger partial charge in [0, 0.05) is 12.8 Å². The Hall–Kier alpha value is -3.02. The molecule has 2 aromatic carbocycles. The number of nitrogens with one attached hydrogen (secondary N) is 2. The second-order valence-electron chi connectivity index (χ2n) is 17.2. The van der Waals surface area contributed by atoms with Crippen LogP contribution in [0.5, 0.6) is 11.5 Å². The molecule has 0 atom stereocenters. The maximum absolute atomic E-state index is 13.2. The predicted molar refractivity (Wildman–Crippen MR) is 192 cm³/mol. The number of carbonyl (C=O) groups is 2. The van der Waals surface area contributed by atoms with Gasteiger partial charge in [0.15, 0.2) is 0 Å². The summed E-state index contributed by atoms with van der Waals surface area (Å²) in [5.41, 5.74) is 4.89. The van der Waals surface area contributed by atoms with Crippen LogP contribution in [0.25, 0.3) is 0 Å². The molecule has 2 aromatic rings. The van der Waals surface area contributed by atoms with E-state index in [1.54, 1.807) is 0 Å². The highest BCUT2D eigenvalue weighted by Gasteiger charge is 2.27. The van der Waals surface area contributed by atoms with Gasteiger partial charge >= 0.3 is 0 Å². The largest absolute Gasteiger partial charge is 0.507 e. The normalized spacial score (nSPS) is 12.8. The molecule has 46 heavy (non-hydrogen) atoms. The number of benzene rings is 2. The Bertz CT molecular complexity index is 1250. The Kier molecular flexibility index (Phi) is 13.0. The lowest BCUT2D eigenvalue weighted by molar-refractivity contribution is -0.124. The number of amides is 2. The zero-order chi connectivity index (χ0) is 35.3. The molecule has 0 radical (unpaired) electrons. The molecule has 0 unspecified atom stereocenters. The number of carbonyl (C=O) groups excluding carboxylic acids is 2. The summed E-state index contributed by atoms with van der Waals surface area (Å²) in [6.45, 7) is 27.5. The number of hydrogen-bond acceptors (Lipinski definition) is 4. The Morgan fingerprint density at radius 3 is 1.28 bits per heavy atom. The van der Waals surface area contributed by atoms with E-state index in [1.807, 2.05) is 12.1 Å². The van der Waals surface area contributed by atoms with E-state index >= 15 is 0 Å². The fourth-order valence-corrected chi connectivity index (χ4v) is 5.59. The van der Waals surface area contributed by atoms with Crippen molar-refractivity contribution < 1.29 is 19.8 Å². The van der Waals surface area contributed by atoms with Crippen LogP contribution in [0.15, 0.2) is 24.3 Å². The van der Waals surface area contributed by atoms with E-state index in [0.29, 0.717) is 19.3 Å². The van der Waals surface area contributed by atoms with Gasteiger partial charge in [0.25, 0.3) is 0 Å². The van der Waals surface area contributed by atoms with E-state index in [-0.39, 0.29) is 57.8 Å². The van der Waals surface area contributed by atoms with Crippen molar-refractivity contribution in [3.8, 4) is 11.5 Å². The van der Waals surface area contributed by atoms with Crippen molar-refractivity contribution in [2.75, 3.05) is 0 Å². The molecule has 0 heterocycles. The molecule has 6 heteroatoms. The summed E-state index contributed by atoms with van der Waals surface area (Å²) in [6, 6.07) is 8.21. The summed E-state index contributed by atoms with van der Waals surface area (Å²) in [4.78, 5) is 26.5. The van der Waals surface area contributed by atoms with Gasteiger partial charge in [-0.2, -0.15) is 0 Å². The number of aryl methyl sites for hydroxylation is 2. The van der Waals surface area contributed by atoms with E-state index in [2.05, 4.69) is 113 Å². The van der Waals surface area contributed by atoms with Crippen molar-refractivity contribution >= 4 is 11.8 Å². The minimum Gasteiger partial charge on any atom is -0.507 e. The molecule has 0 aromatic heterocycles. The van der Waals surface area contributed by atoms with Gasteiger partial charge in [-0.3, -0.25) is 9.59 Å². The van der Waals surface area contributed by atoms with Crippen LogP contribution >= 0.6 is 0 Å². The third kappa shape index (κ3) is 11.3. The van der Waals surface area contributed by atoms with Crippen molar-refractivity contribution in [3.63, 3.8) is 0 Å². The standard InChI is InChI=1S/C40H64N2O4/c1-14-15-16-17-32(41-33(43)20-18-26-22-28(37(2,3)4)24-30(35(26)45)39(8,9)10)42-34(44)21-19-27-23-29(38(5,6)7)25-31(36(27)46)40(11,12)13/h22-25,32,45-46H,14-21H2,1-13H3,(H,41,43)(H,42,44). The van der Waals surface area contributed by atoms with Gasteiger partial charge in [-0.1, -0.05) is 127 Å². The molecule has 258 valence electrons. The molecule has 0 fully saturated rings. The van der Waals surface area contributed by atoms with Crippen molar-refractivity contribution in [3.05, 3.63) is 57.6 Å². The average Bonchev–Trinajstić information content (AvgIpc) is 2.89. The number of aromatic hydroxyl groups is 2. The number of rotatable bonds is 12. The average molecular weight is 637 g/mol. The smallest absolute Gasteiger partial charge is 0.221 e. The van der Waals surface area contributed by atoms with Crippen molar-refractivity contribution in [2.45, 2.75) is 169 Å². The molecular weight excluding hydrogens is 572 g/mol. The van der Waals surface area contributed by atoms with Crippen molar-refractivity contribution in [2.24, 2.45) is 0 Å². The van der Waals surface area contributed by atoms with Crippen LogP contribution < -0.4 is 10.6 Å². The Balaban J connectivity index is 2.19. The molecule has 2 rings (SSSR count). The van der Waals surface area contributed by atoms with Gasteiger partial charge in [0.1, 0.15) is 17.7 Å². The van der Waals surface area contributed by atoms with Gasteiger partial charge in [0.2, 0.25) is 11.8 Å². The van der Waals surface area contributed by atoms with Crippen LogP contribution in [0.4, 0.5) is 0 Å². The van der Waals surface area contributed by atoms with E-state index in [4.69, 9.17) is 0 Å². The zero-order valence-corrected chi connectivity index (χ0v) is 31.3. The molecular formula is C40H64N2O4. The highest BCUT2D eigenvalue weighted by molar-refractivity contribution is 5.79. The fourth-order valence-electron chi connectivity index (χ4n) is 5.59. The third-order valence-electron chi connectivity index (χ3n) is 8.74. The highest BCUT2D eigenvalue weighted by Crippen LogP contribution is 2.39. The molecule has 0 aliphatic rings. The van der Waals surface area contributed by atoms with Crippen molar-refractivity contribution in [1.82, 2.24) is 10.6 Å². The minimum absolute atomic E-state index is 0.0987. The lowest BCUT2D eigenvalue weighted by Crippen LogP contribution is -2.48. The van der Waals surface area contributed by atoms with Crippen LogP contribution in [0.3, 0.4) is 0 Å². The molecule has 0 bridgehead atoms. The van der Waals surface area contributed by atoms with Gasteiger partial charge in [-0.25, -0.2) is 0 Å². The summed E-state index contributed by atoms with van der Waals surface area (Å²) >= 11 is 0. The quantitative estimate of drug-likeness (QED) is 0.138. The molecule has 6 nitrogen and oxygen atoms in total. The summed E-state index contributed by atoms with van der Waals surface area (Å²) in [5, 5.41) is 28.4. The highest BCUT2D eigenvalue weighted by atomic mass is 16.3. The lowest BCUT2D eigenvalue weighted by Gasteiger charge is -2.28. The number of unbranched alkanes of at least 4 members (excludes halogenated alkanes) is 2. The third-order valence-corrected chi connectivity index (χ3v) is 8.74. The van der Waals surface area contributed by atoms with Gasteiger partial charge in [-0.15, -0.1) is 0 Å².